The zero-order valence-electron chi connectivity index (χ0n) is 13.1. The van der Waals surface area contributed by atoms with Crippen molar-refractivity contribution < 1.29 is 14.3 Å². The maximum atomic E-state index is 11.9. The van der Waals surface area contributed by atoms with E-state index in [0.717, 1.165) is 11.4 Å². The highest BCUT2D eigenvalue weighted by atomic mass is 16.5. The number of methoxy groups -OCH3 is 1. The standard InChI is InChI=1S/C16H18N4O3/c1-3-23-15(21)13-10-18-16-19(8-9-20(16)14(13)17)11-4-6-12(22-2)7-5-11/h4-7,10,17H,3,8-9H2,1-2H3. The van der Waals surface area contributed by atoms with Crippen LogP contribution in [-0.4, -0.2) is 35.8 Å². The number of anilines is 2. The van der Waals surface area contributed by atoms with Crippen molar-refractivity contribution in [3.05, 3.63) is 41.5 Å². The molecule has 1 aliphatic rings. The summed E-state index contributed by atoms with van der Waals surface area (Å²) in [7, 11) is 1.63. The van der Waals surface area contributed by atoms with Crippen LogP contribution < -0.4 is 15.1 Å². The van der Waals surface area contributed by atoms with Crippen LogP contribution in [0.15, 0.2) is 30.5 Å². The second-order valence-corrected chi connectivity index (χ2v) is 5.04. The third-order valence-electron chi connectivity index (χ3n) is 3.74. The van der Waals surface area contributed by atoms with Gasteiger partial charge in [-0.1, -0.05) is 0 Å². The molecule has 1 aromatic heterocycles. The smallest absolute Gasteiger partial charge is 0.343 e. The number of hydrogen-bond acceptors (Lipinski definition) is 6. The van der Waals surface area contributed by atoms with E-state index in [1.165, 1.54) is 6.20 Å². The van der Waals surface area contributed by atoms with Crippen molar-refractivity contribution >= 4 is 17.6 Å². The van der Waals surface area contributed by atoms with E-state index < -0.39 is 5.97 Å². The van der Waals surface area contributed by atoms with Crippen LogP contribution in [0.1, 0.15) is 17.3 Å². The number of aromatic nitrogens is 2. The fraction of sp³-hybridized carbons (Fsp3) is 0.312. The maximum absolute atomic E-state index is 11.9. The molecule has 1 N–H and O–H groups in total. The highest BCUT2D eigenvalue weighted by Gasteiger charge is 2.24. The molecule has 7 heteroatoms. The van der Waals surface area contributed by atoms with Gasteiger partial charge < -0.3 is 14.4 Å². The van der Waals surface area contributed by atoms with Gasteiger partial charge in [0, 0.05) is 25.0 Å². The Morgan fingerprint density at radius 2 is 2.04 bits per heavy atom. The lowest BCUT2D eigenvalue weighted by atomic mass is 10.3. The van der Waals surface area contributed by atoms with Crippen molar-refractivity contribution in [1.82, 2.24) is 9.55 Å². The summed E-state index contributed by atoms with van der Waals surface area (Å²) in [6.07, 6.45) is 1.41. The lowest BCUT2D eigenvalue weighted by Gasteiger charge is -2.17. The summed E-state index contributed by atoms with van der Waals surface area (Å²) >= 11 is 0. The van der Waals surface area contributed by atoms with Gasteiger partial charge in [-0.2, -0.15) is 0 Å². The van der Waals surface area contributed by atoms with Gasteiger partial charge in [-0.05, 0) is 31.2 Å². The van der Waals surface area contributed by atoms with E-state index in [1.807, 2.05) is 29.2 Å². The Morgan fingerprint density at radius 1 is 1.30 bits per heavy atom. The predicted molar refractivity (Wildman–Crippen MR) is 84.0 cm³/mol. The molecule has 23 heavy (non-hydrogen) atoms. The SMILES string of the molecule is CCOC(=O)c1cnc2n(c1=N)CCN2c1ccc(OC)cc1. The molecule has 120 valence electrons. The van der Waals surface area contributed by atoms with Crippen molar-refractivity contribution in [2.24, 2.45) is 0 Å². The molecule has 0 radical (unpaired) electrons. The number of nitrogens with one attached hydrogen (secondary N) is 1. The molecule has 1 aliphatic heterocycles. The first-order valence-corrected chi connectivity index (χ1v) is 7.39. The summed E-state index contributed by atoms with van der Waals surface area (Å²) in [4.78, 5) is 18.2. The van der Waals surface area contributed by atoms with Crippen LogP contribution in [0.25, 0.3) is 0 Å². The quantitative estimate of drug-likeness (QED) is 0.869. The number of esters is 1. The minimum atomic E-state index is -0.511. The summed E-state index contributed by atoms with van der Waals surface area (Å²) in [6.45, 7) is 3.30. The van der Waals surface area contributed by atoms with Crippen molar-refractivity contribution in [2.75, 3.05) is 25.2 Å². The molecule has 2 heterocycles. The van der Waals surface area contributed by atoms with E-state index in [4.69, 9.17) is 14.9 Å². The van der Waals surface area contributed by atoms with Crippen LogP contribution in [0.2, 0.25) is 0 Å². The van der Waals surface area contributed by atoms with E-state index in [2.05, 4.69) is 4.98 Å². The van der Waals surface area contributed by atoms with Crippen LogP contribution in [0.4, 0.5) is 11.6 Å². The summed E-state index contributed by atoms with van der Waals surface area (Å²) < 4.78 is 11.8. The molecule has 3 rings (SSSR count). The van der Waals surface area contributed by atoms with Gasteiger partial charge in [-0.3, -0.25) is 9.98 Å². The molecule has 1 aromatic carbocycles. The Hall–Kier alpha value is -2.83. The summed E-state index contributed by atoms with van der Waals surface area (Å²) in [5, 5.41) is 8.23. The van der Waals surface area contributed by atoms with Crippen molar-refractivity contribution in [2.45, 2.75) is 13.5 Å². The molecule has 2 aromatic rings. The Morgan fingerprint density at radius 3 is 2.70 bits per heavy atom. The molecule has 0 saturated heterocycles. The number of ether oxygens (including phenoxy) is 2. The monoisotopic (exact) mass is 314 g/mol. The summed E-state index contributed by atoms with van der Waals surface area (Å²) in [6, 6.07) is 7.65. The number of hydrogen-bond donors (Lipinski definition) is 1. The van der Waals surface area contributed by atoms with Crippen LogP contribution in [-0.2, 0) is 11.3 Å². The first kappa shape index (κ1) is 15.1. The second kappa shape index (κ2) is 6.12. The normalized spacial score (nSPS) is 12.9. The maximum Gasteiger partial charge on any atom is 0.343 e. The fourth-order valence-corrected chi connectivity index (χ4v) is 2.59. The Kier molecular flexibility index (Phi) is 4.01. The lowest BCUT2D eigenvalue weighted by Crippen LogP contribution is -2.27. The van der Waals surface area contributed by atoms with Crippen LogP contribution >= 0.6 is 0 Å². The first-order valence-electron chi connectivity index (χ1n) is 7.39. The van der Waals surface area contributed by atoms with E-state index in [0.29, 0.717) is 19.0 Å². The van der Waals surface area contributed by atoms with Gasteiger partial charge in [-0.25, -0.2) is 9.78 Å². The molecule has 0 amide bonds. The summed E-state index contributed by atoms with van der Waals surface area (Å²) in [5.74, 6) is 0.920. The van der Waals surface area contributed by atoms with Crippen molar-refractivity contribution in [3.63, 3.8) is 0 Å². The predicted octanol–water partition coefficient (Wildman–Crippen LogP) is 1.70. The first-order chi connectivity index (χ1) is 11.2. The minimum Gasteiger partial charge on any atom is -0.497 e. The highest BCUT2D eigenvalue weighted by molar-refractivity contribution is 5.88. The molecule has 0 fully saturated rings. The fourth-order valence-electron chi connectivity index (χ4n) is 2.59. The number of fused-ring (bicyclic) bond motifs is 1. The van der Waals surface area contributed by atoms with Gasteiger partial charge in [-0.15, -0.1) is 0 Å². The average molecular weight is 314 g/mol. The average Bonchev–Trinajstić information content (AvgIpc) is 3.00. The van der Waals surface area contributed by atoms with Gasteiger partial charge in [0.05, 0.1) is 13.7 Å². The zero-order chi connectivity index (χ0) is 16.4. The van der Waals surface area contributed by atoms with E-state index in [9.17, 15) is 4.79 Å². The largest absolute Gasteiger partial charge is 0.497 e. The molecule has 0 unspecified atom stereocenters. The zero-order valence-corrected chi connectivity index (χ0v) is 13.1. The molecule has 0 aliphatic carbocycles. The van der Waals surface area contributed by atoms with Gasteiger partial charge in [0.2, 0.25) is 5.95 Å². The van der Waals surface area contributed by atoms with Gasteiger partial charge in [0.1, 0.15) is 16.8 Å². The van der Waals surface area contributed by atoms with E-state index >= 15 is 0 Å². The number of nitrogens with zero attached hydrogens (tertiary/aromatic N) is 3. The van der Waals surface area contributed by atoms with E-state index in [1.54, 1.807) is 18.6 Å². The molecule has 0 spiro atoms. The van der Waals surface area contributed by atoms with Crippen LogP contribution in [0, 0.1) is 5.41 Å². The minimum absolute atomic E-state index is 0.129. The molecule has 7 nitrogen and oxygen atoms in total. The third kappa shape index (κ3) is 2.65. The second-order valence-electron chi connectivity index (χ2n) is 5.04. The number of benzene rings is 1. The Labute approximate surface area is 133 Å². The molecule has 0 atom stereocenters. The lowest BCUT2D eigenvalue weighted by molar-refractivity contribution is 0.0522. The Balaban J connectivity index is 1.96. The topological polar surface area (TPSA) is 80.4 Å². The molecule has 0 saturated carbocycles. The van der Waals surface area contributed by atoms with E-state index in [-0.39, 0.29) is 17.7 Å². The van der Waals surface area contributed by atoms with Gasteiger partial charge >= 0.3 is 5.97 Å². The highest BCUT2D eigenvalue weighted by Crippen LogP contribution is 2.28. The van der Waals surface area contributed by atoms with Crippen molar-refractivity contribution in [1.29, 1.82) is 5.41 Å². The van der Waals surface area contributed by atoms with Crippen LogP contribution in [0.5, 0.6) is 5.75 Å². The van der Waals surface area contributed by atoms with Crippen LogP contribution in [0.3, 0.4) is 0 Å². The molecular formula is C16H18N4O3. The van der Waals surface area contributed by atoms with Gasteiger partial charge in [0.25, 0.3) is 0 Å². The molecule has 0 bridgehead atoms. The number of carbonyl (C=O) groups excluding carboxylic acids is 1. The summed E-state index contributed by atoms with van der Waals surface area (Å²) in [5.41, 5.74) is 1.28. The number of carbonyl (C=O) groups is 1. The van der Waals surface area contributed by atoms with Crippen molar-refractivity contribution in [3.8, 4) is 5.75 Å². The van der Waals surface area contributed by atoms with Gasteiger partial charge in [0.15, 0.2) is 0 Å². The Bertz CT molecular complexity index is 783. The number of rotatable bonds is 4. The third-order valence-corrected chi connectivity index (χ3v) is 3.74. The molecular weight excluding hydrogens is 296 g/mol.